The van der Waals surface area contributed by atoms with Crippen molar-refractivity contribution in [1.29, 1.82) is 0 Å². The van der Waals surface area contributed by atoms with Gasteiger partial charge in [-0.25, -0.2) is 0 Å². The minimum Gasteiger partial charge on any atom is -0.467 e. The Labute approximate surface area is 172 Å². The molecule has 1 saturated carbocycles. The van der Waals surface area contributed by atoms with Crippen molar-refractivity contribution in [2.24, 2.45) is 0 Å². The standard InChI is InChI=1S/C21H22N4O3S/c26-20(22-15-8-3-1-4-9-15)19(18-12-7-13-28-18)25(16-10-5-2-6-11-16)21(27)17-14-29-24-23-17/h2,5-7,10-15,19H,1,3-4,8-9H2,(H,22,26)/t19-/m1/s1. The molecule has 0 aliphatic heterocycles. The number of carbonyl (C=O) groups excluding carboxylic acids is 2. The molecule has 1 N–H and O–H groups in total. The van der Waals surface area contributed by atoms with E-state index in [2.05, 4.69) is 14.9 Å². The fourth-order valence-corrected chi connectivity index (χ4v) is 4.13. The van der Waals surface area contributed by atoms with E-state index in [0.29, 0.717) is 11.4 Å². The summed E-state index contributed by atoms with van der Waals surface area (Å²) in [5.74, 6) is -0.254. The van der Waals surface area contributed by atoms with Gasteiger partial charge in [-0.1, -0.05) is 41.9 Å². The van der Waals surface area contributed by atoms with Gasteiger partial charge in [0.25, 0.3) is 11.8 Å². The van der Waals surface area contributed by atoms with Crippen molar-refractivity contribution in [2.45, 2.75) is 44.2 Å². The topological polar surface area (TPSA) is 88.3 Å². The normalized spacial score (nSPS) is 15.6. The van der Waals surface area contributed by atoms with E-state index in [4.69, 9.17) is 4.42 Å². The first-order valence-electron chi connectivity index (χ1n) is 9.73. The first-order chi connectivity index (χ1) is 14.2. The van der Waals surface area contributed by atoms with Gasteiger partial charge in [0.2, 0.25) is 0 Å². The van der Waals surface area contributed by atoms with E-state index in [9.17, 15) is 9.59 Å². The molecule has 150 valence electrons. The number of hydrogen-bond acceptors (Lipinski definition) is 6. The van der Waals surface area contributed by atoms with Crippen LogP contribution < -0.4 is 10.2 Å². The van der Waals surface area contributed by atoms with Crippen molar-refractivity contribution in [1.82, 2.24) is 14.9 Å². The highest BCUT2D eigenvalue weighted by atomic mass is 32.1. The fraction of sp³-hybridized carbons (Fsp3) is 0.333. The number of rotatable bonds is 6. The summed E-state index contributed by atoms with van der Waals surface area (Å²) in [5.41, 5.74) is 0.784. The van der Waals surface area contributed by atoms with Gasteiger partial charge in [-0.15, -0.1) is 5.10 Å². The highest BCUT2D eigenvalue weighted by Gasteiger charge is 2.37. The van der Waals surface area contributed by atoms with E-state index in [1.54, 1.807) is 29.6 Å². The second-order valence-electron chi connectivity index (χ2n) is 7.06. The molecule has 7 nitrogen and oxygen atoms in total. The van der Waals surface area contributed by atoms with Crippen molar-refractivity contribution >= 4 is 29.0 Å². The maximum Gasteiger partial charge on any atom is 0.280 e. The molecular formula is C21H22N4O3S. The Balaban J connectivity index is 1.72. The van der Waals surface area contributed by atoms with Crippen LogP contribution in [0.15, 0.2) is 58.5 Å². The zero-order valence-electron chi connectivity index (χ0n) is 15.9. The highest BCUT2D eigenvalue weighted by Crippen LogP contribution is 2.30. The molecule has 0 spiro atoms. The summed E-state index contributed by atoms with van der Waals surface area (Å²) < 4.78 is 9.39. The number of carbonyl (C=O) groups is 2. The summed E-state index contributed by atoms with van der Waals surface area (Å²) in [5, 5.41) is 8.63. The maximum atomic E-state index is 13.4. The van der Waals surface area contributed by atoms with Crippen molar-refractivity contribution in [2.75, 3.05) is 4.90 Å². The smallest absolute Gasteiger partial charge is 0.280 e. The van der Waals surface area contributed by atoms with E-state index in [1.165, 1.54) is 17.6 Å². The summed E-state index contributed by atoms with van der Waals surface area (Å²) in [6.45, 7) is 0. The predicted molar refractivity (Wildman–Crippen MR) is 110 cm³/mol. The van der Waals surface area contributed by atoms with Crippen LogP contribution in [0, 0.1) is 0 Å². The third kappa shape index (κ3) is 4.37. The van der Waals surface area contributed by atoms with Crippen LogP contribution in [0.2, 0.25) is 0 Å². The average molecular weight is 410 g/mol. The zero-order chi connectivity index (χ0) is 20.1. The van der Waals surface area contributed by atoms with Gasteiger partial charge in [0.1, 0.15) is 5.76 Å². The largest absolute Gasteiger partial charge is 0.467 e. The van der Waals surface area contributed by atoms with Gasteiger partial charge >= 0.3 is 0 Å². The van der Waals surface area contributed by atoms with Crippen molar-refractivity contribution < 1.29 is 14.0 Å². The Hall–Kier alpha value is -3.00. The monoisotopic (exact) mass is 410 g/mol. The molecule has 1 fully saturated rings. The van der Waals surface area contributed by atoms with Crippen LogP contribution in [0.5, 0.6) is 0 Å². The van der Waals surface area contributed by atoms with Crippen LogP contribution >= 0.6 is 11.5 Å². The lowest BCUT2D eigenvalue weighted by Crippen LogP contribution is -2.47. The molecule has 8 heteroatoms. The van der Waals surface area contributed by atoms with Gasteiger partial charge in [-0.05, 0) is 48.6 Å². The van der Waals surface area contributed by atoms with Gasteiger partial charge in [0, 0.05) is 17.1 Å². The zero-order valence-corrected chi connectivity index (χ0v) is 16.7. The number of hydrogen-bond donors (Lipinski definition) is 1. The lowest BCUT2D eigenvalue weighted by molar-refractivity contribution is -0.123. The van der Waals surface area contributed by atoms with Crippen LogP contribution in [0.1, 0.15) is 54.4 Å². The van der Waals surface area contributed by atoms with Gasteiger partial charge in [-0.2, -0.15) is 0 Å². The Bertz CT molecular complexity index is 922. The molecule has 2 heterocycles. The lowest BCUT2D eigenvalue weighted by atomic mass is 9.95. The summed E-state index contributed by atoms with van der Waals surface area (Å²) in [7, 11) is 0. The molecular weight excluding hydrogens is 388 g/mol. The Morgan fingerprint density at radius 3 is 2.55 bits per heavy atom. The molecule has 3 aromatic rings. The molecule has 0 radical (unpaired) electrons. The molecule has 0 saturated heterocycles. The molecule has 1 aliphatic carbocycles. The molecule has 2 amide bonds. The van der Waals surface area contributed by atoms with Gasteiger partial charge in [0.05, 0.1) is 6.26 Å². The summed E-state index contributed by atoms with van der Waals surface area (Å²) >= 11 is 1.09. The van der Waals surface area contributed by atoms with Crippen LogP contribution in [-0.4, -0.2) is 27.4 Å². The number of anilines is 1. The maximum absolute atomic E-state index is 13.4. The van der Waals surface area contributed by atoms with E-state index >= 15 is 0 Å². The number of nitrogens with one attached hydrogen (secondary N) is 1. The molecule has 0 unspecified atom stereocenters. The molecule has 29 heavy (non-hydrogen) atoms. The summed E-state index contributed by atoms with van der Waals surface area (Å²) in [6, 6.07) is 11.7. The van der Waals surface area contributed by atoms with E-state index in [1.807, 2.05) is 18.2 Å². The number of benzene rings is 1. The molecule has 4 rings (SSSR count). The van der Waals surface area contributed by atoms with Crippen molar-refractivity contribution in [3.8, 4) is 0 Å². The van der Waals surface area contributed by atoms with Gasteiger partial charge < -0.3 is 9.73 Å². The molecule has 1 aromatic carbocycles. The van der Waals surface area contributed by atoms with Crippen molar-refractivity contribution in [3.63, 3.8) is 0 Å². The van der Waals surface area contributed by atoms with Gasteiger partial charge in [-0.3, -0.25) is 14.5 Å². The second-order valence-corrected chi connectivity index (χ2v) is 7.67. The molecule has 0 bridgehead atoms. The number of para-hydroxylation sites is 1. The first-order valence-corrected chi connectivity index (χ1v) is 10.6. The van der Waals surface area contributed by atoms with E-state index in [-0.39, 0.29) is 17.6 Å². The van der Waals surface area contributed by atoms with Crippen LogP contribution in [0.4, 0.5) is 5.69 Å². The highest BCUT2D eigenvalue weighted by molar-refractivity contribution is 7.03. The third-order valence-electron chi connectivity index (χ3n) is 5.10. The summed E-state index contributed by atoms with van der Waals surface area (Å²) in [4.78, 5) is 28.2. The van der Waals surface area contributed by atoms with Crippen LogP contribution in [0.3, 0.4) is 0 Å². The fourth-order valence-electron chi connectivity index (χ4n) is 3.70. The van der Waals surface area contributed by atoms with E-state index < -0.39 is 11.9 Å². The number of aromatic nitrogens is 2. The summed E-state index contributed by atoms with van der Waals surface area (Å²) in [6.07, 6.45) is 6.80. The minimum atomic E-state index is -0.941. The lowest BCUT2D eigenvalue weighted by Gasteiger charge is -2.31. The molecule has 1 aliphatic rings. The van der Waals surface area contributed by atoms with E-state index in [0.717, 1.165) is 37.2 Å². The number of nitrogens with zero attached hydrogens (tertiary/aromatic N) is 3. The SMILES string of the molecule is O=C(NC1CCCCC1)[C@@H](c1ccco1)N(C(=O)c1csnn1)c1ccccc1. The molecule has 1 atom stereocenters. The van der Waals surface area contributed by atoms with Crippen LogP contribution in [0.25, 0.3) is 0 Å². The Morgan fingerprint density at radius 2 is 1.90 bits per heavy atom. The predicted octanol–water partition coefficient (Wildman–Crippen LogP) is 3.97. The first kappa shape index (κ1) is 19.3. The minimum absolute atomic E-state index is 0.113. The van der Waals surface area contributed by atoms with Crippen LogP contribution in [-0.2, 0) is 4.79 Å². The molecule has 2 aromatic heterocycles. The van der Waals surface area contributed by atoms with Gasteiger partial charge in [0.15, 0.2) is 11.7 Å². The number of furan rings is 1. The second kappa shape index (κ2) is 9.00. The quantitative estimate of drug-likeness (QED) is 0.664. The third-order valence-corrected chi connectivity index (χ3v) is 5.61. The van der Waals surface area contributed by atoms with Crippen molar-refractivity contribution in [3.05, 3.63) is 65.6 Å². The Kier molecular flexibility index (Phi) is 6.00. The number of amides is 2. The Morgan fingerprint density at radius 1 is 1.10 bits per heavy atom. The average Bonchev–Trinajstić information content (AvgIpc) is 3.47.